The Morgan fingerprint density at radius 2 is 1.95 bits per heavy atom. The molecule has 6 heteroatoms. The van der Waals surface area contributed by atoms with Crippen molar-refractivity contribution in [1.82, 2.24) is 20.3 Å². The van der Waals surface area contributed by atoms with Crippen LogP contribution < -0.4 is 11.1 Å². The largest absolute Gasteiger partial charge is 0.349 e. The first-order valence-electron chi connectivity index (χ1n) is 7.71. The Bertz CT molecular complexity index is 631. The Balaban J connectivity index is 1.62. The SMILES string of the molecule is NC1(CNC(=O)c2cnn(-c3ccccc3)n2)CCCCC1. The summed E-state index contributed by atoms with van der Waals surface area (Å²) in [5.74, 6) is -0.224. The van der Waals surface area contributed by atoms with Crippen molar-refractivity contribution in [2.24, 2.45) is 5.73 Å². The molecule has 3 rings (SSSR count). The maximum absolute atomic E-state index is 12.2. The number of aromatic nitrogens is 3. The molecule has 6 nitrogen and oxygen atoms in total. The molecular formula is C16H21N5O. The van der Waals surface area contributed by atoms with Crippen molar-refractivity contribution in [3.8, 4) is 5.69 Å². The fourth-order valence-corrected chi connectivity index (χ4v) is 2.83. The highest BCUT2D eigenvalue weighted by Gasteiger charge is 2.28. The molecule has 1 aliphatic carbocycles. The topological polar surface area (TPSA) is 85.8 Å². The van der Waals surface area contributed by atoms with Crippen molar-refractivity contribution in [3.63, 3.8) is 0 Å². The van der Waals surface area contributed by atoms with Crippen LogP contribution >= 0.6 is 0 Å². The minimum Gasteiger partial charge on any atom is -0.349 e. The lowest BCUT2D eigenvalue weighted by Crippen LogP contribution is -2.51. The Hall–Kier alpha value is -2.21. The lowest BCUT2D eigenvalue weighted by atomic mass is 9.82. The van der Waals surface area contributed by atoms with Gasteiger partial charge in [-0.3, -0.25) is 4.79 Å². The van der Waals surface area contributed by atoms with E-state index in [2.05, 4.69) is 15.5 Å². The minimum atomic E-state index is -0.274. The quantitative estimate of drug-likeness (QED) is 0.899. The molecular weight excluding hydrogens is 278 g/mol. The molecule has 1 aromatic carbocycles. The Kier molecular flexibility index (Phi) is 4.20. The van der Waals surface area contributed by atoms with Crippen LogP contribution in [0.1, 0.15) is 42.6 Å². The maximum atomic E-state index is 12.2. The van der Waals surface area contributed by atoms with Gasteiger partial charge in [0.1, 0.15) is 0 Å². The predicted octanol–water partition coefficient (Wildman–Crippen LogP) is 1.66. The zero-order valence-electron chi connectivity index (χ0n) is 12.5. The molecule has 0 radical (unpaired) electrons. The number of nitrogens with one attached hydrogen (secondary N) is 1. The molecule has 2 aromatic rings. The number of nitrogens with zero attached hydrogens (tertiary/aromatic N) is 3. The molecule has 0 atom stereocenters. The summed E-state index contributed by atoms with van der Waals surface area (Å²) in [6.45, 7) is 0.490. The van der Waals surface area contributed by atoms with E-state index >= 15 is 0 Å². The number of carbonyl (C=O) groups excluding carboxylic acids is 1. The zero-order chi connectivity index (χ0) is 15.4. The summed E-state index contributed by atoms with van der Waals surface area (Å²) < 4.78 is 0. The molecule has 116 valence electrons. The van der Waals surface area contributed by atoms with Gasteiger partial charge in [0, 0.05) is 12.1 Å². The maximum Gasteiger partial charge on any atom is 0.273 e. The third-order valence-corrected chi connectivity index (χ3v) is 4.16. The second-order valence-electron chi connectivity index (χ2n) is 5.96. The number of hydrogen-bond donors (Lipinski definition) is 2. The van der Waals surface area contributed by atoms with Crippen molar-refractivity contribution in [2.45, 2.75) is 37.6 Å². The number of para-hydroxylation sites is 1. The number of carbonyl (C=O) groups is 1. The van der Waals surface area contributed by atoms with Gasteiger partial charge in [0.05, 0.1) is 11.9 Å². The van der Waals surface area contributed by atoms with E-state index in [0.29, 0.717) is 12.2 Å². The Labute approximate surface area is 129 Å². The van der Waals surface area contributed by atoms with Crippen LogP contribution in [0.5, 0.6) is 0 Å². The molecule has 3 N–H and O–H groups in total. The van der Waals surface area contributed by atoms with E-state index in [1.807, 2.05) is 30.3 Å². The molecule has 1 saturated carbocycles. The summed E-state index contributed by atoms with van der Waals surface area (Å²) in [5, 5.41) is 11.2. The first-order valence-corrected chi connectivity index (χ1v) is 7.71. The molecule has 0 saturated heterocycles. The van der Waals surface area contributed by atoms with Crippen LogP contribution in [0.4, 0.5) is 0 Å². The van der Waals surface area contributed by atoms with Crippen molar-refractivity contribution in [2.75, 3.05) is 6.54 Å². The van der Waals surface area contributed by atoms with Crippen LogP contribution in [0, 0.1) is 0 Å². The van der Waals surface area contributed by atoms with Crippen LogP contribution in [-0.2, 0) is 0 Å². The highest BCUT2D eigenvalue weighted by atomic mass is 16.2. The van der Waals surface area contributed by atoms with Crippen LogP contribution in [0.15, 0.2) is 36.5 Å². The van der Waals surface area contributed by atoms with Gasteiger partial charge in [0.25, 0.3) is 5.91 Å². The highest BCUT2D eigenvalue weighted by molar-refractivity contribution is 5.91. The first-order chi connectivity index (χ1) is 10.7. The van der Waals surface area contributed by atoms with E-state index < -0.39 is 0 Å². The minimum absolute atomic E-state index is 0.224. The molecule has 0 bridgehead atoms. The van der Waals surface area contributed by atoms with Crippen molar-refractivity contribution in [1.29, 1.82) is 0 Å². The molecule has 0 unspecified atom stereocenters. The van der Waals surface area contributed by atoms with Gasteiger partial charge in [-0.05, 0) is 25.0 Å². The van der Waals surface area contributed by atoms with Gasteiger partial charge in [-0.25, -0.2) is 0 Å². The highest BCUT2D eigenvalue weighted by Crippen LogP contribution is 2.25. The summed E-state index contributed by atoms with van der Waals surface area (Å²) in [6.07, 6.45) is 6.91. The van der Waals surface area contributed by atoms with Crippen LogP contribution in [0.25, 0.3) is 5.69 Å². The number of benzene rings is 1. The summed E-state index contributed by atoms with van der Waals surface area (Å²) in [4.78, 5) is 13.6. The Morgan fingerprint density at radius 1 is 1.23 bits per heavy atom. The summed E-state index contributed by atoms with van der Waals surface area (Å²) >= 11 is 0. The van der Waals surface area contributed by atoms with Crippen LogP contribution in [0.3, 0.4) is 0 Å². The fraction of sp³-hybridized carbons (Fsp3) is 0.438. The van der Waals surface area contributed by atoms with Gasteiger partial charge < -0.3 is 11.1 Å². The average Bonchev–Trinajstić information content (AvgIpc) is 3.04. The second kappa shape index (κ2) is 6.27. The van der Waals surface area contributed by atoms with Crippen molar-refractivity contribution >= 4 is 5.91 Å². The van der Waals surface area contributed by atoms with Gasteiger partial charge in [-0.15, -0.1) is 5.10 Å². The summed E-state index contributed by atoms with van der Waals surface area (Å²) in [5.41, 5.74) is 7.18. The first kappa shape index (κ1) is 14.7. The van der Waals surface area contributed by atoms with Crippen LogP contribution in [0.2, 0.25) is 0 Å². The second-order valence-corrected chi connectivity index (χ2v) is 5.96. The summed E-state index contributed by atoms with van der Waals surface area (Å²) in [6, 6.07) is 9.50. The molecule has 1 heterocycles. The van der Waals surface area contributed by atoms with Crippen LogP contribution in [-0.4, -0.2) is 33.0 Å². The number of nitrogens with two attached hydrogens (primary N) is 1. The lowest BCUT2D eigenvalue weighted by Gasteiger charge is -2.33. The predicted molar refractivity (Wildman–Crippen MR) is 83.7 cm³/mol. The molecule has 1 fully saturated rings. The van der Waals surface area contributed by atoms with Gasteiger partial charge in [-0.1, -0.05) is 37.5 Å². The average molecular weight is 299 g/mol. The third-order valence-electron chi connectivity index (χ3n) is 4.16. The van der Waals surface area contributed by atoms with E-state index in [9.17, 15) is 4.79 Å². The number of rotatable bonds is 4. The smallest absolute Gasteiger partial charge is 0.273 e. The fourth-order valence-electron chi connectivity index (χ4n) is 2.83. The molecule has 22 heavy (non-hydrogen) atoms. The molecule has 1 aliphatic rings. The molecule has 1 aromatic heterocycles. The lowest BCUT2D eigenvalue weighted by molar-refractivity contribution is 0.0932. The van der Waals surface area contributed by atoms with Gasteiger partial charge >= 0.3 is 0 Å². The zero-order valence-corrected chi connectivity index (χ0v) is 12.5. The van der Waals surface area contributed by atoms with E-state index in [1.165, 1.54) is 17.4 Å². The monoisotopic (exact) mass is 299 g/mol. The molecule has 0 aliphatic heterocycles. The number of hydrogen-bond acceptors (Lipinski definition) is 4. The third kappa shape index (κ3) is 3.33. The van der Waals surface area contributed by atoms with Crippen molar-refractivity contribution in [3.05, 3.63) is 42.2 Å². The van der Waals surface area contributed by atoms with Gasteiger partial charge in [0.2, 0.25) is 0 Å². The van der Waals surface area contributed by atoms with Gasteiger partial charge in [-0.2, -0.15) is 9.90 Å². The van der Waals surface area contributed by atoms with E-state index in [4.69, 9.17) is 5.73 Å². The Morgan fingerprint density at radius 3 is 2.68 bits per heavy atom. The van der Waals surface area contributed by atoms with Crippen molar-refractivity contribution < 1.29 is 4.79 Å². The van der Waals surface area contributed by atoms with E-state index in [-0.39, 0.29) is 11.4 Å². The summed E-state index contributed by atoms with van der Waals surface area (Å²) in [7, 11) is 0. The van der Waals surface area contributed by atoms with E-state index in [1.54, 1.807) is 0 Å². The normalized spacial score (nSPS) is 17.1. The number of amides is 1. The van der Waals surface area contributed by atoms with E-state index in [0.717, 1.165) is 31.4 Å². The molecule has 0 spiro atoms. The van der Waals surface area contributed by atoms with Gasteiger partial charge in [0.15, 0.2) is 5.69 Å². The standard InChI is InChI=1S/C16H21N5O/c17-16(9-5-2-6-10-16)12-18-15(22)14-11-19-21(20-14)13-7-3-1-4-8-13/h1,3-4,7-8,11H,2,5-6,9-10,12,17H2,(H,18,22). The molecule has 1 amide bonds.